The third-order valence-corrected chi connectivity index (χ3v) is 3.62. The van der Waals surface area contributed by atoms with Crippen LogP contribution < -0.4 is 4.74 Å². The molecule has 1 aliphatic heterocycles. The maximum absolute atomic E-state index is 5.77. The van der Waals surface area contributed by atoms with Gasteiger partial charge in [-0.25, -0.2) is 0 Å². The van der Waals surface area contributed by atoms with Gasteiger partial charge in [-0.3, -0.25) is 4.90 Å². The molecule has 0 aromatic heterocycles. The van der Waals surface area contributed by atoms with Crippen molar-refractivity contribution in [2.24, 2.45) is 0 Å². The second-order valence-corrected chi connectivity index (χ2v) is 5.21. The number of ether oxygens (including phenoxy) is 1. The van der Waals surface area contributed by atoms with Crippen molar-refractivity contribution < 1.29 is 4.74 Å². The van der Waals surface area contributed by atoms with Crippen molar-refractivity contribution >= 4 is 11.6 Å². The van der Waals surface area contributed by atoms with Crippen LogP contribution in [0, 0.1) is 0 Å². The predicted molar refractivity (Wildman–Crippen MR) is 76.7 cm³/mol. The molecule has 0 amide bonds. The fraction of sp³-hybridized carbons (Fsp3) is 0.600. The Morgan fingerprint density at radius 3 is 2.44 bits per heavy atom. The summed E-state index contributed by atoms with van der Waals surface area (Å²) in [5.74, 6) is 1.64. The predicted octanol–water partition coefficient (Wildman–Crippen LogP) is 3.33. The number of alkyl halides is 1. The molecule has 0 atom stereocenters. The van der Waals surface area contributed by atoms with Gasteiger partial charge in [-0.1, -0.05) is 18.6 Å². The molecule has 0 N–H and O–H groups in total. The largest absolute Gasteiger partial charge is 0.492 e. The first-order valence-electron chi connectivity index (χ1n) is 6.88. The van der Waals surface area contributed by atoms with Crippen molar-refractivity contribution in [3.05, 3.63) is 29.8 Å². The molecule has 0 spiro atoms. The molecule has 1 aromatic carbocycles. The standard InChI is InChI=1S/C15H22ClNO/c16-9-8-14-4-6-15(7-5-14)18-13-12-17-10-2-1-3-11-17/h4-7H,1-3,8-13H2. The van der Waals surface area contributed by atoms with Crippen molar-refractivity contribution in [3.63, 3.8) is 0 Å². The van der Waals surface area contributed by atoms with Gasteiger partial charge in [0.15, 0.2) is 0 Å². The van der Waals surface area contributed by atoms with E-state index in [0.717, 1.165) is 25.3 Å². The highest BCUT2D eigenvalue weighted by atomic mass is 35.5. The van der Waals surface area contributed by atoms with Crippen LogP contribution in [0.1, 0.15) is 24.8 Å². The summed E-state index contributed by atoms with van der Waals surface area (Å²) in [6.07, 6.45) is 5.00. The molecule has 0 radical (unpaired) electrons. The Morgan fingerprint density at radius 2 is 1.78 bits per heavy atom. The van der Waals surface area contributed by atoms with Gasteiger partial charge in [0.1, 0.15) is 12.4 Å². The number of benzene rings is 1. The SMILES string of the molecule is ClCCc1ccc(OCCN2CCCCC2)cc1. The van der Waals surface area contributed by atoms with E-state index in [1.54, 1.807) is 0 Å². The zero-order valence-corrected chi connectivity index (χ0v) is 11.7. The van der Waals surface area contributed by atoms with E-state index in [4.69, 9.17) is 16.3 Å². The molecular formula is C15H22ClNO. The third-order valence-electron chi connectivity index (χ3n) is 3.43. The van der Waals surface area contributed by atoms with Crippen molar-refractivity contribution in [1.82, 2.24) is 4.90 Å². The summed E-state index contributed by atoms with van der Waals surface area (Å²) in [5.41, 5.74) is 1.27. The first kappa shape index (κ1) is 13.7. The number of rotatable bonds is 6. The summed E-state index contributed by atoms with van der Waals surface area (Å²) in [6, 6.07) is 8.27. The highest BCUT2D eigenvalue weighted by Gasteiger charge is 2.09. The lowest BCUT2D eigenvalue weighted by atomic mass is 10.1. The monoisotopic (exact) mass is 267 g/mol. The molecule has 1 saturated heterocycles. The number of nitrogens with zero attached hydrogens (tertiary/aromatic N) is 1. The van der Waals surface area contributed by atoms with Crippen LogP contribution in [0.2, 0.25) is 0 Å². The topological polar surface area (TPSA) is 12.5 Å². The Labute approximate surface area is 115 Å². The van der Waals surface area contributed by atoms with Gasteiger partial charge < -0.3 is 4.74 Å². The number of hydrogen-bond acceptors (Lipinski definition) is 2. The van der Waals surface area contributed by atoms with Crippen LogP contribution in [0.3, 0.4) is 0 Å². The molecule has 0 aliphatic carbocycles. The normalized spacial score (nSPS) is 16.7. The van der Waals surface area contributed by atoms with E-state index in [9.17, 15) is 0 Å². The van der Waals surface area contributed by atoms with Crippen molar-refractivity contribution in [3.8, 4) is 5.75 Å². The molecule has 18 heavy (non-hydrogen) atoms. The van der Waals surface area contributed by atoms with E-state index in [1.165, 1.54) is 37.9 Å². The molecule has 3 heteroatoms. The minimum absolute atomic E-state index is 0.676. The number of halogens is 1. The van der Waals surface area contributed by atoms with Gasteiger partial charge in [0.2, 0.25) is 0 Å². The van der Waals surface area contributed by atoms with Gasteiger partial charge in [0.05, 0.1) is 0 Å². The van der Waals surface area contributed by atoms with Gasteiger partial charge in [-0.05, 0) is 50.0 Å². The van der Waals surface area contributed by atoms with Crippen molar-refractivity contribution in [2.45, 2.75) is 25.7 Å². The first-order valence-corrected chi connectivity index (χ1v) is 7.42. The van der Waals surface area contributed by atoms with Crippen LogP contribution in [0.5, 0.6) is 5.75 Å². The van der Waals surface area contributed by atoms with Gasteiger partial charge in [-0.15, -0.1) is 11.6 Å². The average molecular weight is 268 g/mol. The van der Waals surface area contributed by atoms with E-state index in [0.29, 0.717) is 5.88 Å². The minimum Gasteiger partial charge on any atom is -0.492 e. The molecule has 0 unspecified atom stereocenters. The van der Waals surface area contributed by atoms with E-state index in [1.807, 2.05) is 12.1 Å². The second kappa shape index (κ2) is 7.65. The van der Waals surface area contributed by atoms with E-state index < -0.39 is 0 Å². The summed E-state index contributed by atoms with van der Waals surface area (Å²) < 4.78 is 5.77. The Kier molecular flexibility index (Phi) is 5.82. The smallest absolute Gasteiger partial charge is 0.119 e. The molecule has 0 saturated carbocycles. The Hall–Kier alpha value is -0.730. The molecule has 1 aliphatic rings. The van der Waals surface area contributed by atoms with E-state index in [2.05, 4.69) is 17.0 Å². The number of hydrogen-bond donors (Lipinski definition) is 0. The number of likely N-dealkylation sites (tertiary alicyclic amines) is 1. The summed E-state index contributed by atoms with van der Waals surface area (Å²) >= 11 is 5.71. The summed E-state index contributed by atoms with van der Waals surface area (Å²) in [6.45, 7) is 4.30. The molecule has 2 rings (SSSR count). The van der Waals surface area contributed by atoms with Crippen LogP contribution in [0.25, 0.3) is 0 Å². The van der Waals surface area contributed by atoms with Crippen LogP contribution in [-0.2, 0) is 6.42 Å². The quantitative estimate of drug-likeness (QED) is 0.733. The van der Waals surface area contributed by atoms with Gasteiger partial charge in [-0.2, -0.15) is 0 Å². The van der Waals surface area contributed by atoms with Crippen molar-refractivity contribution in [2.75, 3.05) is 32.1 Å². The van der Waals surface area contributed by atoms with Gasteiger partial charge >= 0.3 is 0 Å². The van der Waals surface area contributed by atoms with Crippen molar-refractivity contribution in [1.29, 1.82) is 0 Å². The fourth-order valence-electron chi connectivity index (χ4n) is 2.34. The minimum atomic E-state index is 0.676. The molecular weight excluding hydrogens is 246 g/mol. The maximum Gasteiger partial charge on any atom is 0.119 e. The fourth-order valence-corrected chi connectivity index (χ4v) is 2.56. The summed E-state index contributed by atoms with van der Waals surface area (Å²) in [5, 5.41) is 0. The van der Waals surface area contributed by atoms with Crippen LogP contribution in [0.15, 0.2) is 24.3 Å². The van der Waals surface area contributed by atoms with E-state index in [-0.39, 0.29) is 0 Å². The Bertz CT molecular complexity index is 333. The van der Waals surface area contributed by atoms with Gasteiger partial charge in [0.25, 0.3) is 0 Å². The van der Waals surface area contributed by atoms with Gasteiger partial charge in [0, 0.05) is 12.4 Å². The summed E-state index contributed by atoms with van der Waals surface area (Å²) in [7, 11) is 0. The lowest BCUT2D eigenvalue weighted by molar-refractivity contribution is 0.183. The molecule has 100 valence electrons. The molecule has 1 fully saturated rings. The zero-order valence-electron chi connectivity index (χ0n) is 10.9. The molecule has 1 aromatic rings. The average Bonchev–Trinajstić information content (AvgIpc) is 2.42. The Morgan fingerprint density at radius 1 is 1.06 bits per heavy atom. The molecule has 1 heterocycles. The highest BCUT2D eigenvalue weighted by molar-refractivity contribution is 6.17. The van der Waals surface area contributed by atoms with E-state index >= 15 is 0 Å². The lowest BCUT2D eigenvalue weighted by Gasteiger charge is -2.26. The second-order valence-electron chi connectivity index (χ2n) is 4.83. The van der Waals surface area contributed by atoms with Crippen LogP contribution in [0.4, 0.5) is 0 Å². The number of aryl methyl sites for hydroxylation is 1. The number of piperidine rings is 1. The lowest BCUT2D eigenvalue weighted by Crippen LogP contribution is -2.33. The van der Waals surface area contributed by atoms with Crippen LogP contribution in [-0.4, -0.2) is 37.0 Å². The highest BCUT2D eigenvalue weighted by Crippen LogP contribution is 2.13. The summed E-state index contributed by atoms with van der Waals surface area (Å²) in [4.78, 5) is 2.49. The van der Waals surface area contributed by atoms with Crippen LogP contribution >= 0.6 is 11.6 Å². The Balaban J connectivity index is 1.69. The third kappa shape index (κ3) is 4.51. The molecule has 0 bridgehead atoms. The first-order chi connectivity index (χ1) is 8.88. The zero-order chi connectivity index (χ0) is 12.6. The molecule has 2 nitrogen and oxygen atoms in total. The maximum atomic E-state index is 5.77.